The maximum atomic E-state index is 14.5. The molecule has 0 aliphatic carbocycles. The molecule has 0 spiro atoms. The van der Waals surface area contributed by atoms with Crippen LogP contribution in [-0.4, -0.2) is 32.8 Å². The third-order valence-electron chi connectivity index (χ3n) is 5.54. The van der Waals surface area contributed by atoms with E-state index in [1.807, 2.05) is 0 Å². The van der Waals surface area contributed by atoms with Gasteiger partial charge < -0.3 is 19.8 Å². The van der Waals surface area contributed by atoms with Crippen LogP contribution < -0.4 is 21.1 Å². The van der Waals surface area contributed by atoms with Gasteiger partial charge >= 0.3 is 13.6 Å². The normalized spacial score (nSPS) is 14.2. The first kappa shape index (κ1) is 26.8. The predicted molar refractivity (Wildman–Crippen MR) is 162 cm³/mol. The molecular formula is C29H37FN5O7P. The van der Waals surface area contributed by atoms with Crippen LogP contribution in [0.5, 0.6) is 5.75 Å². The second-order valence-electron chi connectivity index (χ2n) is 11.7. The number of methoxy groups -OCH3 is 1. The average Bonchev–Trinajstić information content (AvgIpc) is 3.19. The lowest BCUT2D eigenvalue weighted by atomic mass is 10.2. The number of aromatic nitrogens is 3. The summed E-state index contributed by atoms with van der Waals surface area (Å²) in [6.07, 6.45) is -0.133. The third kappa shape index (κ3) is 8.20. The number of ether oxygens (including phenoxy) is 1. The summed E-state index contributed by atoms with van der Waals surface area (Å²) in [7, 11) is -7.02. The van der Waals surface area contributed by atoms with Crippen LogP contribution in [0.15, 0.2) is 45.7 Å². The Hall–Kier alpha value is -3.77. The molecule has 0 aliphatic heterocycles. The first-order valence-electron chi connectivity index (χ1n) is 15.2. The average molecular weight is 622 g/mol. The molecular weight excluding hydrogens is 580 g/mol. The second kappa shape index (κ2) is 12.1. The molecule has 4 aromatic rings. The number of fused-ring (bicyclic) bond motifs is 1. The van der Waals surface area contributed by atoms with E-state index in [1.165, 1.54) is 19.1 Å². The highest BCUT2D eigenvalue weighted by atomic mass is 31.2. The third-order valence-corrected chi connectivity index (χ3v) is 7.51. The van der Waals surface area contributed by atoms with Crippen molar-refractivity contribution in [1.82, 2.24) is 14.5 Å². The monoisotopic (exact) mass is 621 g/mol. The summed E-state index contributed by atoms with van der Waals surface area (Å²) >= 11 is 0. The van der Waals surface area contributed by atoms with Crippen molar-refractivity contribution in [1.29, 1.82) is 0 Å². The number of benzene rings is 2. The maximum absolute atomic E-state index is 14.5. The van der Waals surface area contributed by atoms with Crippen LogP contribution >= 0.6 is 7.82 Å². The number of nitrogens with zero attached hydrogens (tertiary/aromatic N) is 3. The number of phosphoric acid groups is 1. The van der Waals surface area contributed by atoms with Crippen molar-refractivity contribution in [3.05, 3.63) is 64.0 Å². The molecule has 43 heavy (non-hydrogen) atoms. The zero-order valence-corrected chi connectivity index (χ0v) is 26.0. The van der Waals surface area contributed by atoms with E-state index in [-0.39, 0.29) is 40.3 Å². The van der Waals surface area contributed by atoms with E-state index in [9.17, 15) is 13.8 Å². The molecule has 0 bridgehead atoms. The number of oxazole rings is 1. The van der Waals surface area contributed by atoms with Gasteiger partial charge in [0, 0.05) is 29.2 Å². The van der Waals surface area contributed by atoms with E-state index in [0.29, 0.717) is 11.3 Å². The number of rotatable bonds is 10. The number of hydrogen-bond donors (Lipinski definition) is 2. The van der Waals surface area contributed by atoms with Crippen LogP contribution in [0.2, 0.25) is 0 Å². The Morgan fingerprint density at radius 3 is 2.40 bits per heavy atom. The molecule has 0 unspecified atom stereocenters. The highest BCUT2D eigenvalue weighted by molar-refractivity contribution is 7.48. The van der Waals surface area contributed by atoms with Crippen LogP contribution in [0.1, 0.15) is 58.2 Å². The van der Waals surface area contributed by atoms with Gasteiger partial charge in [-0.25, -0.2) is 23.3 Å². The van der Waals surface area contributed by atoms with Crippen LogP contribution in [-0.2, 0) is 24.9 Å². The molecule has 0 amide bonds. The summed E-state index contributed by atoms with van der Waals surface area (Å²) < 4.78 is 86.5. The Bertz CT molecular complexity index is 1880. The van der Waals surface area contributed by atoms with Gasteiger partial charge in [-0.05, 0) is 85.2 Å². The number of hydrogen-bond acceptors (Lipinski definition) is 11. The van der Waals surface area contributed by atoms with Gasteiger partial charge in [0.25, 0.3) is 0 Å². The summed E-state index contributed by atoms with van der Waals surface area (Å²) in [5.74, 6) is -1.91. The fourth-order valence-electron chi connectivity index (χ4n) is 3.86. The van der Waals surface area contributed by atoms with Crippen LogP contribution in [0.4, 0.5) is 27.5 Å². The molecule has 0 saturated carbocycles. The van der Waals surface area contributed by atoms with Gasteiger partial charge in [0.1, 0.15) is 12.5 Å². The lowest BCUT2D eigenvalue weighted by Gasteiger charge is -2.30. The quantitative estimate of drug-likeness (QED) is 0.172. The van der Waals surface area contributed by atoms with E-state index in [0.717, 1.165) is 10.6 Å². The number of phosphoric ester groups is 1. The standard InChI is InChI=1S/C29H37FN5O7P/c1-17-12-20(14-23(38-9)24(17)30)33-26-31-15-18(2)25(34-26)32-19-10-11-22-21(13-19)35(27(36)40-22)16-39-43(37,41-28(3,4)5)42-29(6,7)8/h10-15H,16H2,1-9H3,(H2,31,32,33,34)/i9D3,15D. The van der Waals surface area contributed by atoms with E-state index < -0.39 is 50.1 Å². The van der Waals surface area contributed by atoms with E-state index >= 15 is 0 Å². The van der Waals surface area contributed by atoms with Crippen molar-refractivity contribution in [2.24, 2.45) is 0 Å². The number of aryl methyl sites for hydroxylation is 1. The molecule has 0 atom stereocenters. The van der Waals surface area contributed by atoms with Gasteiger partial charge in [0.2, 0.25) is 5.95 Å². The van der Waals surface area contributed by atoms with Crippen LogP contribution in [0.25, 0.3) is 11.1 Å². The molecule has 14 heteroatoms. The molecule has 232 valence electrons. The van der Waals surface area contributed by atoms with Gasteiger partial charge in [0.05, 0.1) is 29.2 Å². The first-order valence-corrected chi connectivity index (χ1v) is 14.6. The molecule has 0 saturated heterocycles. The Balaban J connectivity index is 1.63. The predicted octanol–water partition coefficient (Wildman–Crippen LogP) is 7.35. The van der Waals surface area contributed by atoms with E-state index in [4.69, 9.17) is 28.2 Å². The molecule has 2 aromatic carbocycles. The fourth-order valence-corrected chi connectivity index (χ4v) is 5.61. The smallest absolute Gasteiger partial charge is 0.477 e. The molecule has 2 heterocycles. The Morgan fingerprint density at radius 1 is 1.05 bits per heavy atom. The van der Waals surface area contributed by atoms with Crippen LogP contribution in [0.3, 0.4) is 0 Å². The van der Waals surface area contributed by atoms with E-state index in [2.05, 4.69) is 20.6 Å². The minimum atomic E-state index is -4.15. The Morgan fingerprint density at radius 2 is 1.74 bits per heavy atom. The Labute approximate surface area is 254 Å². The molecule has 12 nitrogen and oxygen atoms in total. The second-order valence-corrected chi connectivity index (χ2v) is 13.2. The highest BCUT2D eigenvalue weighted by Crippen LogP contribution is 2.55. The summed E-state index contributed by atoms with van der Waals surface area (Å²) in [6, 6.07) is 7.29. The van der Waals surface area contributed by atoms with Gasteiger partial charge in [-0.1, -0.05) is 0 Å². The molecule has 0 radical (unpaired) electrons. The minimum absolute atomic E-state index is 0.0444. The van der Waals surface area contributed by atoms with Gasteiger partial charge in [0.15, 0.2) is 17.1 Å². The lowest BCUT2D eigenvalue weighted by molar-refractivity contribution is -0.00631. The molecule has 4 rings (SSSR count). The largest absolute Gasteiger partial charge is 0.494 e. The maximum Gasteiger partial charge on any atom is 0.477 e. The minimum Gasteiger partial charge on any atom is -0.494 e. The van der Waals surface area contributed by atoms with Crippen molar-refractivity contribution in [3.8, 4) is 5.75 Å². The fraction of sp³-hybridized carbons (Fsp3) is 0.414. The van der Waals surface area contributed by atoms with Crippen molar-refractivity contribution >= 4 is 42.1 Å². The van der Waals surface area contributed by atoms with Crippen molar-refractivity contribution in [3.63, 3.8) is 0 Å². The summed E-state index contributed by atoms with van der Waals surface area (Å²) in [5, 5.41) is 5.95. The molecule has 2 N–H and O–H groups in total. The summed E-state index contributed by atoms with van der Waals surface area (Å²) in [5.41, 5.74) is -0.107. The number of halogens is 1. The van der Waals surface area contributed by atoms with Crippen LogP contribution in [0, 0.1) is 19.7 Å². The van der Waals surface area contributed by atoms with Gasteiger partial charge in [-0.2, -0.15) is 4.98 Å². The zero-order chi connectivity index (χ0) is 35.1. The molecule has 2 aromatic heterocycles. The number of anilines is 4. The van der Waals surface area contributed by atoms with Crippen molar-refractivity contribution in [2.75, 3.05) is 17.7 Å². The Kier molecular flexibility index (Phi) is 7.54. The van der Waals surface area contributed by atoms with Gasteiger partial charge in [-0.15, -0.1) is 0 Å². The highest BCUT2D eigenvalue weighted by Gasteiger charge is 2.37. The first-order chi connectivity index (χ1) is 21.5. The zero-order valence-electron chi connectivity index (χ0n) is 29.1. The summed E-state index contributed by atoms with van der Waals surface area (Å²) in [4.78, 5) is 21.3. The molecule has 0 aliphatic rings. The van der Waals surface area contributed by atoms with Gasteiger partial charge in [-0.3, -0.25) is 13.6 Å². The lowest BCUT2D eigenvalue weighted by Crippen LogP contribution is -2.26. The summed E-state index contributed by atoms with van der Waals surface area (Å²) in [6.45, 7) is 12.7. The van der Waals surface area contributed by atoms with Crippen molar-refractivity contribution < 1.29 is 37.2 Å². The van der Waals surface area contributed by atoms with E-state index in [1.54, 1.807) is 60.6 Å². The van der Waals surface area contributed by atoms with Crippen molar-refractivity contribution in [2.45, 2.75) is 73.3 Å². The SMILES string of the molecule is [2H]c1nc(Nc2cc(C)c(F)c(OC([2H])([2H])[2H])c2)nc(Nc2ccc3oc(=O)n(COP(=O)(OC(C)(C)C)OC(C)(C)C)c3c2)c1C. The topological polar surface area (TPSA) is 139 Å². The number of nitrogens with one attached hydrogen (secondary N) is 2. The molecule has 0 fully saturated rings.